The van der Waals surface area contributed by atoms with Gasteiger partial charge >= 0.3 is 5.97 Å². The van der Waals surface area contributed by atoms with E-state index in [2.05, 4.69) is 25.1 Å². The average Bonchev–Trinajstić information content (AvgIpc) is 3.67. The van der Waals surface area contributed by atoms with Crippen molar-refractivity contribution in [3.05, 3.63) is 77.3 Å². The Bertz CT molecular complexity index is 1190. The summed E-state index contributed by atoms with van der Waals surface area (Å²) >= 11 is 5.08. The largest absolute Gasteiger partial charge is 0.494 e. The molecule has 0 saturated heterocycles. The molecule has 2 N–H and O–H groups in total. The second kappa shape index (κ2) is 18.7. The van der Waals surface area contributed by atoms with Crippen LogP contribution in [0.25, 0.3) is 5.57 Å². The number of nitrogens with one attached hydrogen (secondary N) is 1. The van der Waals surface area contributed by atoms with Gasteiger partial charge in [-0.3, -0.25) is 4.79 Å². The van der Waals surface area contributed by atoms with Gasteiger partial charge in [0.1, 0.15) is 11.3 Å². The van der Waals surface area contributed by atoms with E-state index in [9.17, 15) is 18.3 Å². The van der Waals surface area contributed by atoms with E-state index in [0.29, 0.717) is 17.4 Å². The van der Waals surface area contributed by atoms with Crippen LogP contribution in [0.5, 0.6) is 5.75 Å². The van der Waals surface area contributed by atoms with Crippen LogP contribution in [-0.4, -0.2) is 31.6 Å². The number of halogens is 1. The summed E-state index contributed by atoms with van der Waals surface area (Å²) in [5.41, 5.74) is 1.13. The average molecular weight is 594 g/mol. The molecular formula is C32H48ClNO5S. The molecule has 0 amide bonds. The SMILES string of the molecule is C/C=C(\C)c1ccc(S(=O)(=O)NC2(C(=O)O)CC2c2cccc(OCCC)c2)cc1.C=C(C)Cl.CC.CCCC. The molecule has 0 bridgehead atoms. The van der Waals surface area contributed by atoms with Gasteiger partial charge in [-0.15, -0.1) is 0 Å². The van der Waals surface area contributed by atoms with Gasteiger partial charge in [-0.25, -0.2) is 8.42 Å². The first kappa shape index (κ1) is 37.4. The molecule has 40 heavy (non-hydrogen) atoms. The Hall–Kier alpha value is -2.61. The zero-order valence-electron chi connectivity index (χ0n) is 25.4. The number of allylic oxidation sites excluding steroid dienone is 3. The summed E-state index contributed by atoms with van der Waals surface area (Å²) in [7, 11) is -4.00. The molecule has 1 saturated carbocycles. The fourth-order valence-electron chi connectivity index (χ4n) is 3.46. The quantitative estimate of drug-likeness (QED) is 0.287. The van der Waals surface area contributed by atoms with Crippen LogP contribution in [0.3, 0.4) is 0 Å². The predicted octanol–water partition coefficient (Wildman–Crippen LogP) is 8.78. The standard InChI is InChI=1S/C23H27NO5S.C4H10.C3H5Cl.C2H6/c1-4-13-29-19-8-6-7-18(14-19)21-15-23(21,22(25)26)24-30(27,28)20-11-9-17(10-12-20)16(3)5-2;1-3-4-2;1-3(2)4;1-2/h5-12,14,21,24H,4,13,15H2,1-3H3,(H,25,26);3-4H2,1-2H3;1H2,2H3;1-2H3/b16-5+;;;. The molecule has 3 rings (SSSR count). The van der Waals surface area contributed by atoms with Crippen molar-refractivity contribution in [1.29, 1.82) is 0 Å². The molecule has 6 nitrogen and oxygen atoms in total. The maximum atomic E-state index is 12.9. The highest BCUT2D eigenvalue weighted by atomic mass is 35.5. The van der Waals surface area contributed by atoms with Crippen molar-refractivity contribution < 1.29 is 23.1 Å². The van der Waals surface area contributed by atoms with Crippen molar-refractivity contribution in [2.24, 2.45) is 0 Å². The fraction of sp³-hybridized carbons (Fsp3) is 0.469. The van der Waals surface area contributed by atoms with Crippen LogP contribution >= 0.6 is 11.6 Å². The zero-order chi connectivity index (χ0) is 30.9. The lowest BCUT2D eigenvalue weighted by Gasteiger charge is -2.16. The molecule has 1 fully saturated rings. The van der Waals surface area contributed by atoms with E-state index in [0.717, 1.165) is 23.1 Å². The normalized spacial score (nSPS) is 17.5. The third kappa shape index (κ3) is 11.9. The number of benzene rings is 2. The summed E-state index contributed by atoms with van der Waals surface area (Å²) in [6.45, 7) is 19.8. The Morgan fingerprint density at radius 1 is 1.10 bits per heavy atom. The molecule has 0 spiro atoms. The van der Waals surface area contributed by atoms with E-state index in [1.165, 1.54) is 25.0 Å². The van der Waals surface area contributed by atoms with Crippen LogP contribution in [0.15, 0.2) is 71.1 Å². The summed E-state index contributed by atoms with van der Waals surface area (Å²) in [5, 5.41) is 10.5. The minimum Gasteiger partial charge on any atom is -0.494 e. The van der Waals surface area contributed by atoms with Gasteiger partial charge in [0.25, 0.3) is 0 Å². The van der Waals surface area contributed by atoms with E-state index in [4.69, 9.17) is 16.3 Å². The highest BCUT2D eigenvalue weighted by Gasteiger charge is 2.63. The van der Waals surface area contributed by atoms with Crippen molar-refractivity contribution >= 4 is 33.2 Å². The van der Waals surface area contributed by atoms with Crippen molar-refractivity contribution in [2.45, 2.75) is 97.4 Å². The monoisotopic (exact) mass is 593 g/mol. The molecule has 0 radical (unpaired) electrons. The van der Waals surface area contributed by atoms with Crippen molar-refractivity contribution in [3.63, 3.8) is 0 Å². The smallest absolute Gasteiger partial charge is 0.325 e. The molecule has 8 heteroatoms. The van der Waals surface area contributed by atoms with Gasteiger partial charge in [0.05, 0.1) is 11.5 Å². The highest BCUT2D eigenvalue weighted by Crippen LogP contribution is 2.53. The molecule has 1 aliphatic rings. The van der Waals surface area contributed by atoms with Crippen LogP contribution < -0.4 is 9.46 Å². The molecule has 0 heterocycles. The first-order chi connectivity index (χ1) is 18.9. The van der Waals surface area contributed by atoms with Crippen LogP contribution in [0, 0.1) is 0 Å². The van der Waals surface area contributed by atoms with Crippen LogP contribution in [-0.2, 0) is 14.8 Å². The van der Waals surface area contributed by atoms with Crippen LogP contribution in [0.2, 0.25) is 0 Å². The van der Waals surface area contributed by atoms with Crippen molar-refractivity contribution in [1.82, 2.24) is 4.72 Å². The van der Waals surface area contributed by atoms with Gasteiger partial charge < -0.3 is 9.84 Å². The summed E-state index contributed by atoms with van der Waals surface area (Å²) < 4.78 is 33.9. The summed E-state index contributed by atoms with van der Waals surface area (Å²) in [6, 6.07) is 13.6. The number of carboxylic acids is 1. The number of hydrogen-bond acceptors (Lipinski definition) is 4. The van der Waals surface area contributed by atoms with E-state index in [1.807, 2.05) is 46.8 Å². The number of hydrogen-bond donors (Lipinski definition) is 2. The summed E-state index contributed by atoms with van der Waals surface area (Å²) in [5.74, 6) is -0.991. The molecule has 2 aromatic carbocycles. The fourth-order valence-corrected chi connectivity index (χ4v) is 4.87. The minimum absolute atomic E-state index is 0.0430. The van der Waals surface area contributed by atoms with Gasteiger partial charge in [0.15, 0.2) is 0 Å². The number of aliphatic carboxylic acids is 1. The van der Waals surface area contributed by atoms with E-state index < -0.39 is 27.4 Å². The maximum Gasteiger partial charge on any atom is 0.325 e. The lowest BCUT2D eigenvalue weighted by Crippen LogP contribution is -2.44. The lowest BCUT2D eigenvalue weighted by molar-refractivity contribution is -0.140. The predicted molar refractivity (Wildman–Crippen MR) is 169 cm³/mol. The Morgan fingerprint density at radius 3 is 2.10 bits per heavy atom. The van der Waals surface area contributed by atoms with Gasteiger partial charge in [0.2, 0.25) is 10.0 Å². The minimum atomic E-state index is -4.00. The summed E-state index contributed by atoms with van der Waals surface area (Å²) in [4.78, 5) is 12.1. The van der Waals surface area contributed by atoms with Crippen molar-refractivity contribution in [3.8, 4) is 5.75 Å². The Labute approximate surface area is 247 Å². The second-order valence-corrected chi connectivity index (χ2v) is 11.6. The number of unbranched alkanes of at least 4 members (excludes halogenated alkanes) is 1. The van der Waals surface area contributed by atoms with Crippen LogP contribution in [0.4, 0.5) is 0 Å². The summed E-state index contributed by atoms with van der Waals surface area (Å²) in [6.07, 6.45) is 5.63. The third-order valence-corrected chi connectivity index (χ3v) is 7.47. The first-order valence-electron chi connectivity index (χ1n) is 13.9. The molecule has 0 aliphatic heterocycles. The molecule has 2 unspecified atom stereocenters. The van der Waals surface area contributed by atoms with E-state index in [1.54, 1.807) is 37.3 Å². The van der Waals surface area contributed by atoms with Gasteiger partial charge in [0, 0.05) is 11.0 Å². The first-order valence-corrected chi connectivity index (χ1v) is 15.8. The Morgan fingerprint density at radius 2 is 1.65 bits per heavy atom. The second-order valence-electron chi connectivity index (χ2n) is 9.23. The van der Waals surface area contributed by atoms with Crippen LogP contribution in [0.1, 0.15) is 98.1 Å². The third-order valence-electron chi connectivity index (χ3n) is 5.95. The topological polar surface area (TPSA) is 92.7 Å². The number of carbonyl (C=O) groups is 1. The lowest BCUT2D eigenvalue weighted by atomic mass is 10.1. The highest BCUT2D eigenvalue weighted by molar-refractivity contribution is 7.89. The molecule has 224 valence electrons. The maximum absolute atomic E-state index is 12.9. The number of rotatable bonds is 10. The number of ether oxygens (including phenoxy) is 1. The molecule has 0 aromatic heterocycles. The Kier molecular flexibility index (Phi) is 17.5. The molecule has 2 aromatic rings. The molecular weight excluding hydrogens is 546 g/mol. The van der Waals surface area contributed by atoms with Crippen molar-refractivity contribution in [2.75, 3.05) is 6.61 Å². The number of sulfonamides is 1. The van der Waals surface area contributed by atoms with E-state index >= 15 is 0 Å². The number of carboxylic acid groups (broad SMARTS) is 1. The molecule has 1 aliphatic carbocycles. The van der Waals surface area contributed by atoms with E-state index in [-0.39, 0.29) is 11.3 Å². The van der Waals surface area contributed by atoms with Gasteiger partial charge in [-0.1, -0.05) is 96.0 Å². The van der Waals surface area contributed by atoms with Gasteiger partial charge in [-0.2, -0.15) is 4.72 Å². The molecule has 2 atom stereocenters. The zero-order valence-corrected chi connectivity index (χ0v) is 27.0. The Balaban J connectivity index is 0.00000132. The van der Waals surface area contributed by atoms with Gasteiger partial charge in [-0.05, 0) is 74.6 Å².